The number of ether oxygens (including phenoxy) is 1. The first-order chi connectivity index (χ1) is 12.8. The Morgan fingerprint density at radius 2 is 1.75 bits per heavy atom. The molecule has 154 valence electrons. The van der Waals surface area contributed by atoms with E-state index in [1.807, 2.05) is 0 Å². The fourth-order valence-electron chi connectivity index (χ4n) is 2.45. The second kappa shape index (κ2) is 7.49. The molecule has 0 fully saturated rings. The lowest BCUT2D eigenvalue weighted by atomic mass is 9.96. The summed E-state index contributed by atoms with van der Waals surface area (Å²) < 4.78 is 112. The van der Waals surface area contributed by atoms with Crippen LogP contribution >= 0.6 is 0 Å². The first-order valence-corrected chi connectivity index (χ1v) is 8.97. The Labute approximate surface area is 155 Å². The normalized spacial score (nSPS) is 12.3. The van der Waals surface area contributed by atoms with Crippen molar-refractivity contribution in [2.24, 2.45) is 0 Å². The molecule has 0 atom stereocenters. The van der Waals surface area contributed by atoms with Crippen molar-refractivity contribution in [3.8, 4) is 5.75 Å². The van der Waals surface area contributed by atoms with Crippen molar-refractivity contribution in [3.63, 3.8) is 0 Å². The minimum atomic E-state index is -6.29. The van der Waals surface area contributed by atoms with Gasteiger partial charge in [-0.1, -0.05) is 0 Å². The van der Waals surface area contributed by atoms with E-state index >= 15 is 0 Å². The van der Waals surface area contributed by atoms with Crippen molar-refractivity contribution in [2.75, 3.05) is 6.61 Å². The van der Waals surface area contributed by atoms with E-state index in [1.54, 1.807) is 0 Å². The molecule has 0 radical (unpaired) electrons. The van der Waals surface area contributed by atoms with E-state index in [-0.39, 0.29) is 12.7 Å². The molecule has 0 unspecified atom stereocenters. The van der Waals surface area contributed by atoms with Crippen LogP contribution < -0.4 is 4.18 Å². The number of benzene rings is 2. The van der Waals surface area contributed by atoms with Crippen LogP contribution in [0.3, 0.4) is 0 Å². The summed E-state index contributed by atoms with van der Waals surface area (Å²) in [5.74, 6) is -6.39. The predicted octanol–water partition coefficient (Wildman–Crippen LogP) is 3.90. The van der Waals surface area contributed by atoms with E-state index in [0.717, 1.165) is 6.92 Å². The predicted molar refractivity (Wildman–Crippen MR) is 84.5 cm³/mol. The number of carbonyl (C=O) groups is 1. The molecular formula is C16H12F6O5S. The van der Waals surface area contributed by atoms with Crippen LogP contribution in [-0.2, 0) is 26.1 Å². The Hall–Kier alpha value is -2.50. The number of esters is 1. The van der Waals surface area contributed by atoms with Gasteiger partial charge in [-0.3, -0.25) is 4.79 Å². The van der Waals surface area contributed by atoms with Crippen LogP contribution in [0.5, 0.6) is 5.75 Å². The lowest BCUT2D eigenvalue weighted by Crippen LogP contribution is -2.29. The highest BCUT2D eigenvalue weighted by Gasteiger charge is 2.49. The zero-order valence-electron chi connectivity index (χ0n) is 14.3. The topological polar surface area (TPSA) is 69.7 Å². The lowest BCUT2D eigenvalue weighted by Gasteiger charge is -2.18. The molecule has 12 heteroatoms. The van der Waals surface area contributed by atoms with E-state index in [1.165, 1.54) is 6.92 Å². The zero-order chi connectivity index (χ0) is 21.4. The van der Waals surface area contributed by atoms with Crippen molar-refractivity contribution >= 4 is 26.9 Å². The van der Waals surface area contributed by atoms with Gasteiger partial charge in [-0.2, -0.15) is 21.6 Å². The quantitative estimate of drug-likeness (QED) is 0.312. The van der Waals surface area contributed by atoms with Crippen LogP contribution in [0.1, 0.15) is 18.1 Å². The van der Waals surface area contributed by atoms with Gasteiger partial charge >= 0.3 is 21.6 Å². The van der Waals surface area contributed by atoms with Crippen molar-refractivity contribution in [3.05, 3.63) is 40.7 Å². The van der Waals surface area contributed by atoms with Gasteiger partial charge in [-0.15, -0.1) is 0 Å². The summed E-state index contributed by atoms with van der Waals surface area (Å²) in [5.41, 5.74) is -7.09. The molecule has 0 heterocycles. The third-order valence-electron chi connectivity index (χ3n) is 3.68. The van der Waals surface area contributed by atoms with Crippen LogP contribution in [0.4, 0.5) is 26.3 Å². The van der Waals surface area contributed by atoms with Crippen molar-refractivity contribution in [2.45, 2.75) is 25.8 Å². The standard InChI is InChI=1S/C16H12F6O5S/c1-3-26-12(23)6-9-7(2)14(19)13-10(4-8(17)5-11(13)18)15(9)27-28(24,25)16(20,21)22/h4-5H,3,6H2,1-2H3. The molecule has 0 saturated carbocycles. The second-order valence-corrected chi connectivity index (χ2v) is 7.06. The molecule has 0 bridgehead atoms. The Morgan fingerprint density at radius 3 is 2.29 bits per heavy atom. The van der Waals surface area contributed by atoms with Gasteiger partial charge in [0.1, 0.15) is 17.5 Å². The summed E-state index contributed by atoms with van der Waals surface area (Å²) in [6, 6.07) is 0.661. The van der Waals surface area contributed by atoms with Crippen LogP contribution in [0.2, 0.25) is 0 Å². The third-order valence-corrected chi connectivity index (χ3v) is 4.63. The maximum atomic E-state index is 14.6. The van der Waals surface area contributed by atoms with E-state index in [9.17, 15) is 39.6 Å². The first-order valence-electron chi connectivity index (χ1n) is 7.56. The first kappa shape index (κ1) is 21.8. The molecule has 0 amide bonds. The fourth-order valence-corrected chi connectivity index (χ4v) is 2.95. The van der Waals surface area contributed by atoms with E-state index in [0.29, 0.717) is 6.07 Å². The minimum Gasteiger partial charge on any atom is -0.466 e. The number of alkyl halides is 3. The number of rotatable bonds is 5. The van der Waals surface area contributed by atoms with Gasteiger partial charge in [0.25, 0.3) is 0 Å². The molecule has 2 rings (SSSR count). The number of hydrogen-bond donors (Lipinski definition) is 0. The molecule has 5 nitrogen and oxygen atoms in total. The minimum absolute atomic E-state index is 0.131. The fraction of sp³-hybridized carbons (Fsp3) is 0.312. The lowest BCUT2D eigenvalue weighted by molar-refractivity contribution is -0.142. The Bertz CT molecular complexity index is 1050. The highest BCUT2D eigenvalue weighted by atomic mass is 32.2. The van der Waals surface area contributed by atoms with Gasteiger partial charge in [0.05, 0.1) is 18.4 Å². The van der Waals surface area contributed by atoms with Crippen molar-refractivity contribution in [1.82, 2.24) is 0 Å². The van der Waals surface area contributed by atoms with Gasteiger partial charge in [0, 0.05) is 17.0 Å². The average molecular weight is 430 g/mol. The summed E-state index contributed by atoms with van der Waals surface area (Å²) in [4.78, 5) is 11.7. The van der Waals surface area contributed by atoms with E-state index in [2.05, 4.69) is 8.92 Å². The average Bonchev–Trinajstić information content (AvgIpc) is 2.54. The second-order valence-electron chi connectivity index (χ2n) is 5.52. The van der Waals surface area contributed by atoms with Gasteiger partial charge < -0.3 is 8.92 Å². The number of hydrogen-bond acceptors (Lipinski definition) is 5. The molecule has 2 aromatic rings. The molecule has 0 saturated heterocycles. The molecule has 0 spiro atoms. The number of carbonyl (C=O) groups excluding carboxylic acids is 1. The van der Waals surface area contributed by atoms with Gasteiger partial charge in [-0.05, 0) is 25.5 Å². The van der Waals surface area contributed by atoms with Gasteiger partial charge in [-0.25, -0.2) is 13.2 Å². The molecule has 0 aromatic heterocycles. The molecule has 0 N–H and O–H groups in total. The molecular weight excluding hydrogens is 418 g/mol. The molecule has 28 heavy (non-hydrogen) atoms. The van der Waals surface area contributed by atoms with Crippen LogP contribution in [0.25, 0.3) is 10.8 Å². The molecule has 0 aliphatic rings. The summed E-state index contributed by atoms with van der Waals surface area (Å²) in [7, 11) is -6.29. The largest absolute Gasteiger partial charge is 0.534 e. The van der Waals surface area contributed by atoms with Crippen molar-refractivity contribution < 1.29 is 48.5 Å². The third kappa shape index (κ3) is 4.01. The maximum Gasteiger partial charge on any atom is 0.534 e. The Morgan fingerprint density at radius 1 is 1.14 bits per heavy atom. The Balaban J connectivity index is 2.89. The smallest absolute Gasteiger partial charge is 0.466 e. The van der Waals surface area contributed by atoms with Crippen LogP contribution in [0.15, 0.2) is 12.1 Å². The maximum absolute atomic E-state index is 14.6. The van der Waals surface area contributed by atoms with Crippen LogP contribution in [-0.4, -0.2) is 26.5 Å². The summed E-state index contributed by atoms with van der Waals surface area (Å²) in [6.45, 7) is 2.26. The molecule has 0 aliphatic heterocycles. The monoisotopic (exact) mass is 430 g/mol. The zero-order valence-corrected chi connectivity index (χ0v) is 15.1. The highest BCUT2D eigenvalue weighted by molar-refractivity contribution is 7.88. The van der Waals surface area contributed by atoms with Gasteiger partial charge in [0.15, 0.2) is 5.75 Å². The summed E-state index contributed by atoms with van der Waals surface area (Å²) in [6.07, 6.45) is -0.895. The number of halogens is 6. The van der Waals surface area contributed by atoms with Crippen molar-refractivity contribution in [1.29, 1.82) is 0 Å². The summed E-state index contributed by atoms with van der Waals surface area (Å²) in [5, 5.41) is -1.91. The Kier molecular flexibility index (Phi) is 5.83. The van der Waals surface area contributed by atoms with Gasteiger partial charge in [0.2, 0.25) is 0 Å². The van der Waals surface area contributed by atoms with E-state index < -0.39 is 73.1 Å². The molecule has 2 aromatic carbocycles. The van der Waals surface area contributed by atoms with Crippen LogP contribution in [0, 0.1) is 24.4 Å². The van der Waals surface area contributed by atoms with E-state index in [4.69, 9.17) is 0 Å². The highest BCUT2D eigenvalue weighted by Crippen LogP contribution is 2.40. The SMILES string of the molecule is CCOC(=O)Cc1c(C)c(F)c2c(F)cc(F)cc2c1OS(=O)(=O)C(F)(F)F. The number of fused-ring (bicyclic) bond motifs is 1. The summed E-state index contributed by atoms with van der Waals surface area (Å²) >= 11 is 0. The molecule has 0 aliphatic carbocycles.